The van der Waals surface area contributed by atoms with E-state index in [4.69, 9.17) is 0 Å². The van der Waals surface area contributed by atoms with Crippen LogP contribution in [0.1, 0.15) is 45.2 Å². The predicted octanol–water partition coefficient (Wildman–Crippen LogP) is 2.82. The molecule has 0 amide bonds. The van der Waals surface area contributed by atoms with Gasteiger partial charge in [0.1, 0.15) is 0 Å². The van der Waals surface area contributed by atoms with Crippen LogP contribution in [0, 0.1) is 5.92 Å². The van der Waals surface area contributed by atoms with Crippen molar-refractivity contribution in [2.75, 3.05) is 13.1 Å². The lowest BCUT2D eigenvalue weighted by Gasteiger charge is -2.50. The molecular formula is C17H27N3. The van der Waals surface area contributed by atoms with E-state index in [2.05, 4.69) is 41.2 Å². The van der Waals surface area contributed by atoms with Gasteiger partial charge in [-0.3, -0.25) is 9.88 Å². The Morgan fingerprint density at radius 1 is 1.30 bits per heavy atom. The third kappa shape index (κ3) is 2.75. The van der Waals surface area contributed by atoms with Gasteiger partial charge in [0.25, 0.3) is 0 Å². The van der Waals surface area contributed by atoms with Crippen molar-refractivity contribution >= 4 is 0 Å². The van der Waals surface area contributed by atoms with Crippen molar-refractivity contribution in [3.8, 4) is 0 Å². The van der Waals surface area contributed by atoms with Crippen LogP contribution < -0.4 is 5.32 Å². The molecule has 3 nitrogen and oxygen atoms in total. The van der Waals surface area contributed by atoms with Crippen molar-refractivity contribution in [3.63, 3.8) is 0 Å². The van der Waals surface area contributed by atoms with Crippen LogP contribution >= 0.6 is 0 Å². The lowest BCUT2D eigenvalue weighted by atomic mass is 9.86. The van der Waals surface area contributed by atoms with Crippen LogP contribution in [0.3, 0.4) is 0 Å². The van der Waals surface area contributed by atoms with Crippen LogP contribution in [0.4, 0.5) is 0 Å². The summed E-state index contributed by atoms with van der Waals surface area (Å²) in [6, 6.07) is 6.96. The third-order valence-electron chi connectivity index (χ3n) is 5.37. The van der Waals surface area contributed by atoms with Gasteiger partial charge in [-0.05, 0) is 43.7 Å². The maximum Gasteiger partial charge on any atom is 0.0544 e. The molecule has 1 saturated carbocycles. The molecule has 20 heavy (non-hydrogen) atoms. The number of hydrogen-bond acceptors (Lipinski definition) is 3. The number of rotatable bonds is 5. The first-order chi connectivity index (χ1) is 9.77. The minimum atomic E-state index is 0.308. The van der Waals surface area contributed by atoms with E-state index in [-0.39, 0.29) is 0 Å². The van der Waals surface area contributed by atoms with Crippen LogP contribution in [0.2, 0.25) is 0 Å². The predicted molar refractivity (Wildman–Crippen MR) is 82.5 cm³/mol. The Balaban J connectivity index is 1.76. The van der Waals surface area contributed by atoms with Gasteiger partial charge < -0.3 is 5.32 Å². The molecule has 2 aliphatic rings. The highest BCUT2D eigenvalue weighted by molar-refractivity contribution is 5.07. The molecule has 0 aromatic carbocycles. The normalized spacial score (nSPS) is 26.6. The average Bonchev–Trinajstić information content (AvgIpc) is 3.33. The van der Waals surface area contributed by atoms with Crippen LogP contribution in [-0.4, -0.2) is 34.6 Å². The molecule has 110 valence electrons. The van der Waals surface area contributed by atoms with Gasteiger partial charge in [0, 0.05) is 37.4 Å². The molecule has 1 N–H and O–H groups in total. The highest BCUT2D eigenvalue weighted by Crippen LogP contribution is 2.37. The molecule has 2 fully saturated rings. The van der Waals surface area contributed by atoms with E-state index in [9.17, 15) is 0 Å². The number of pyridine rings is 1. The number of nitrogens with zero attached hydrogens (tertiary/aromatic N) is 2. The Morgan fingerprint density at radius 3 is 2.70 bits per heavy atom. The average molecular weight is 273 g/mol. The van der Waals surface area contributed by atoms with Gasteiger partial charge in [-0.15, -0.1) is 0 Å². The molecule has 1 aliphatic heterocycles. The van der Waals surface area contributed by atoms with Gasteiger partial charge in [0.05, 0.1) is 5.69 Å². The standard InChI is InChI=1S/C17H27N3/c1-3-17(4-2)13-19-16(14-8-9-14)12-20(17)11-15-7-5-6-10-18-15/h5-7,10,14,16,19H,3-4,8-9,11-13H2,1-2H3. The molecule has 3 rings (SSSR count). The van der Waals surface area contributed by atoms with Crippen molar-refractivity contribution in [2.24, 2.45) is 5.92 Å². The smallest absolute Gasteiger partial charge is 0.0544 e. The summed E-state index contributed by atoms with van der Waals surface area (Å²) in [6.07, 6.45) is 7.16. The minimum absolute atomic E-state index is 0.308. The summed E-state index contributed by atoms with van der Waals surface area (Å²) in [5, 5.41) is 3.83. The SMILES string of the molecule is CCC1(CC)CNC(C2CC2)CN1Cc1ccccn1. The van der Waals surface area contributed by atoms with Crippen molar-refractivity contribution < 1.29 is 0 Å². The number of piperazine rings is 1. The molecule has 1 atom stereocenters. The number of nitrogens with one attached hydrogen (secondary N) is 1. The van der Waals surface area contributed by atoms with E-state index >= 15 is 0 Å². The fourth-order valence-electron chi connectivity index (χ4n) is 3.61. The zero-order valence-corrected chi connectivity index (χ0v) is 12.8. The molecule has 0 radical (unpaired) electrons. The second kappa shape index (κ2) is 5.82. The van der Waals surface area contributed by atoms with Crippen molar-refractivity contribution in [1.29, 1.82) is 0 Å². The summed E-state index contributed by atoms with van der Waals surface area (Å²) in [6.45, 7) is 7.96. The Labute approximate surface area is 122 Å². The molecular weight excluding hydrogens is 246 g/mol. The number of aromatic nitrogens is 1. The summed E-state index contributed by atoms with van der Waals surface area (Å²) in [4.78, 5) is 7.23. The van der Waals surface area contributed by atoms with Gasteiger partial charge in [-0.2, -0.15) is 0 Å². The van der Waals surface area contributed by atoms with Crippen LogP contribution in [-0.2, 0) is 6.54 Å². The summed E-state index contributed by atoms with van der Waals surface area (Å²) >= 11 is 0. The first kappa shape index (κ1) is 14.0. The molecule has 1 aromatic heterocycles. The molecule has 2 heterocycles. The quantitative estimate of drug-likeness (QED) is 0.894. The zero-order chi connectivity index (χ0) is 14.0. The lowest BCUT2D eigenvalue weighted by molar-refractivity contribution is 0.0193. The summed E-state index contributed by atoms with van der Waals surface area (Å²) in [5.41, 5.74) is 1.51. The number of hydrogen-bond donors (Lipinski definition) is 1. The minimum Gasteiger partial charge on any atom is -0.311 e. The molecule has 1 saturated heterocycles. The molecule has 0 bridgehead atoms. The maximum atomic E-state index is 4.53. The summed E-state index contributed by atoms with van der Waals surface area (Å²) in [7, 11) is 0. The van der Waals surface area contributed by atoms with Gasteiger partial charge in [-0.25, -0.2) is 0 Å². The zero-order valence-electron chi connectivity index (χ0n) is 12.8. The fraction of sp³-hybridized carbons (Fsp3) is 0.706. The highest BCUT2D eigenvalue weighted by atomic mass is 15.3. The first-order valence-electron chi connectivity index (χ1n) is 8.16. The Kier molecular flexibility index (Phi) is 4.08. The van der Waals surface area contributed by atoms with E-state index in [0.717, 1.165) is 19.0 Å². The van der Waals surface area contributed by atoms with E-state index in [0.29, 0.717) is 11.6 Å². The third-order valence-corrected chi connectivity index (χ3v) is 5.37. The monoisotopic (exact) mass is 273 g/mol. The second-order valence-corrected chi connectivity index (χ2v) is 6.46. The van der Waals surface area contributed by atoms with Crippen molar-refractivity contribution in [2.45, 2.75) is 57.7 Å². The molecule has 1 unspecified atom stereocenters. The second-order valence-electron chi connectivity index (χ2n) is 6.46. The Morgan fingerprint density at radius 2 is 2.10 bits per heavy atom. The van der Waals surface area contributed by atoms with E-state index < -0.39 is 0 Å². The Hall–Kier alpha value is -0.930. The Bertz CT molecular complexity index is 423. The maximum absolute atomic E-state index is 4.53. The van der Waals surface area contributed by atoms with Gasteiger partial charge in [-0.1, -0.05) is 19.9 Å². The largest absolute Gasteiger partial charge is 0.311 e. The van der Waals surface area contributed by atoms with Crippen molar-refractivity contribution in [1.82, 2.24) is 15.2 Å². The van der Waals surface area contributed by atoms with Gasteiger partial charge >= 0.3 is 0 Å². The highest BCUT2D eigenvalue weighted by Gasteiger charge is 2.43. The van der Waals surface area contributed by atoms with Crippen molar-refractivity contribution in [3.05, 3.63) is 30.1 Å². The lowest BCUT2D eigenvalue weighted by Crippen LogP contribution is -2.64. The summed E-state index contributed by atoms with van der Waals surface area (Å²) in [5.74, 6) is 0.924. The van der Waals surface area contributed by atoms with E-state index in [1.165, 1.54) is 37.9 Å². The van der Waals surface area contributed by atoms with Crippen LogP contribution in [0.25, 0.3) is 0 Å². The fourth-order valence-corrected chi connectivity index (χ4v) is 3.61. The van der Waals surface area contributed by atoms with Gasteiger partial charge in [0.15, 0.2) is 0 Å². The topological polar surface area (TPSA) is 28.2 Å². The first-order valence-corrected chi connectivity index (χ1v) is 8.16. The van der Waals surface area contributed by atoms with E-state index in [1.54, 1.807) is 0 Å². The summed E-state index contributed by atoms with van der Waals surface area (Å²) < 4.78 is 0. The molecule has 0 spiro atoms. The van der Waals surface area contributed by atoms with Crippen LogP contribution in [0.5, 0.6) is 0 Å². The molecule has 1 aromatic rings. The van der Waals surface area contributed by atoms with Gasteiger partial charge in [0.2, 0.25) is 0 Å². The van der Waals surface area contributed by atoms with Crippen LogP contribution in [0.15, 0.2) is 24.4 Å². The van der Waals surface area contributed by atoms with E-state index in [1.807, 2.05) is 12.3 Å². The molecule has 1 aliphatic carbocycles. The molecule has 3 heteroatoms.